The Labute approximate surface area is 154 Å². The van der Waals surface area contributed by atoms with Crippen LogP contribution in [0.5, 0.6) is 0 Å². The molecular formula is C17H18BrFN2O3S. The van der Waals surface area contributed by atoms with Crippen LogP contribution in [0.3, 0.4) is 0 Å². The molecule has 0 aromatic heterocycles. The van der Waals surface area contributed by atoms with Crippen molar-refractivity contribution in [3.63, 3.8) is 0 Å². The van der Waals surface area contributed by atoms with Gasteiger partial charge in [-0.05, 0) is 42.3 Å². The van der Waals surface area contributed by atoms with Crippen LogP contribution in [-0.2, 0) is 21.2 Å². The van der Waals surface area contributed by atoms with E-state index >= 15 is 0 Å². The van der Waals surface area contributed by atoms with Crippen LogP contribution in [0.1, 0.15) is 12.0 Å². The molecule has 134 valence electrons. The second-order valence-electron chi connectivity index (χ2n) is 5.33. The van der Waals surface area contributed by atoms with Gasteiger partial charge in [0.15, 0.2) is 0 Å². The molecule has 0 saturated carbocycles. The van der Waals surface area contributed by atoms with E-state index in [9.17, 15) is 17.6 Å². The number of hydrogen-bond acceptors (Lipinski definition) is 3. The summed E-state index contributed by atoms with van der Waals surface area (Å²) in [6, 6.07) is 12.4. The van der Waals surface area contributed by atoms with Gasteiger partial charge < -0.3 is 5.32 Å². The first-order chi connectivity index (χ1) is 11.9. The fourth-order valence-corrected chi connectivity index (χ4v) is 3.73. The first kappa shape index (κ1) is 19.6. The summed E-state index contributed by atoms with van der Waals surface area (Å²) in [7, 11) is -3.64. The highest BCUT2D eigenvalue weighted by Gasteiger charge is 2.14. The van der Waals surface area contributed by atoms with Crippen LogP contribution in [0, 0.1) is 5.82 Å². The van der Waals surface area contributed by atoms with Crippen LogP contribution in [0.2, 0.25) is 0 Å². The van der Waals surface area contributed by atoms with E-state index in [1.165, 1.54) is 24.3 Å². The molecule has 2 aromatic carbocycles. The second kappa shape index (κ2) is 9.07. The van der Waals surface area contributed by atoms with Crippen LogP contribution in [0.15, 0.2) is 57.9 Å². The lowest BCUT2D eigenvalue weighted by molar-refractivity contribution is -0.120. The van der Waals surface area contributed by atoms with Gasteiger partial charge in [0.2, 0.25) is 15.9 Å². The molecular weight excluding hydrogens is 411 g/mol. The predicted octanol–water partition coefficient (Wildman–Crippen LogP) is 2.62. The normalized spacial score (nSPS) is 11.3. The maximum absolute atomic E-state index is 12.8. The number of hydrogen-bond donors (Lipinski definition) is 2. The van der Waals surface area contributed by atoms with E-state index in [0.717, 1.165) is 5.56 Å². The maximum Gasteiger partial charge on any atom is 0.240 e. The van der Waals surface area contributed by atoms with E-state index in [-0.39, 0.29) is 29.6 Å². The predicted molar refractivity (Wildman–Crippen MR) is 97.1 cm³/mol. The molecule has 0 unspecified atom stereocenters. The van der Waals surface area contributed by atoms with E-state index in [0.29, 0.717) is 17.4 Å². The Morgan fingerprint density at radius 2 is 1.80 bits per heavy atom. The van der Waals surface area contributed by atoms with Gasteiger partial charge in [-0.15, -0.1) is 0 Å². The minimum absolute atomic E-state index is 0.0111. The zero-order valence-corrected chi connectivity index (χ0v) is 15.7. The molecule has 0 heterocycles. The fourth-order valence-electron chi connectivity index (χ4n) is 2.10. The van der Waals surface area contributed by atoms with Crippen molar-refractivity contribution in [2.24, 2.45) is 0 Å². The molecule has 0 spiro atoms. The maximum atomic E-state index is 12.8. The van der Waals surface area contributed by atoms with Gasteiger partial charge in [-0.25, -0.2) is 17.5 Å². The van der Waals surface area contributed by atoms with E-state index in [4.69, 9.17) is 0 Å². The van der Waals surface area contributed by atoms with Crippen molar-refractivity contribution in [3.05, 3.63) is 64.4 Å². The molecule has 2 rings (SSSR count). The Bertz CT molecular complexity index is 826. The van der Waals surface area contributed by atoms with Gasteiger partial charge in [-0.3, -0.25) is 4.79 Å². The summed E-state index contributed by atoms with van der Waals surface area (Å²) >= 11 is 3.22. The van der Waals surface area contributed by atoms with Crippen LogP contribution in [0.25, 0.3) is 0 Å². The molecule has 25 heavy (non-hydrogen) atoms. The average molecular weight is 429 g/mol. The Kier molecular flexibility index (Phi) is 7.10. The Balaban J connectivity index is 1.72. The molecule has 2 N–H and O–H groups in total. The third-order valence-corrected chi connectivity index (χ3v) is 5.35. The summed E-state index contributed by atoms with van der Waals surface area (Å²) in [5, 5.41) is 2.71. The number of halogens is 2. The number of sulfonamides is 1. The minimum atomic E-state index is -3.64. The fraction of sp³-hybridized carbons (Fsp3) is 0.235. The van der Waals surface area contributed by atoms with Gasteiger partial charge in [0.1, 0.15) is 5.82 Å². The molecule has 1 amide bonds. The molecule has 0 aliphatic carbocycles. The van der Waals surface area contributed by atoms with E-state index in [1.807, 2.05) is 0 Å². The van der Waals surface area contributed by atoms with Crippen LogP contribution in [-0.4, -0.2) is 27.4 Å². The number of carbonyl (C=O) groups is 1. The van der Waals surface area contributed by atoms with Crippen molar-refractivity contribution in [2.45, 2.75) is 17.7 Å². The van der Waals surface area contributed by atoms with E-state index in [2.05, 4.69) is 26.0 Å². The van der Waals surface area contributed by atoms with E-state index < -0.39 is 10.0 Å². The zero-order valence-electron chi connectivity index (χ0n) is 13.3. The first-order valence-electron chi connectivity index (χ1n) is 7.63. The molecule has 0 saturated heterocycles. The van der Waals surface area contributed by atoms with Gasteiger partial charge in [-0.1, -0.05) is 34.1 Å². The van der Waals surface area contributed by atoms with Gasteiger partial charge >= 0.3 is 0 Å². The number of carbonyl (C=O) groups excluding carboxylic acids is 1. The standard InChI is InChI=1S/C17H18BrFN2O3S/c18-14-2-1-3-16(12-14)25(23,24)21-11-9-17(22)20-10-8-13-4-6-15(19)7-5-13/h1-7,12,21H,8-11H2,(H,20,22). The average Bonchev–Trinajstić information content (AvgIpc) is 2.56. The summed E-state index contributed by atoms with van der Waals surface area (Å²) in [6.07, 6.45) is 0.618. The number of nitrogens with one attached hydrogen (secondary N) is 2. The number of amides is 1. The van der Waals surface area contributed by atoms with Crippen LogP contribution >= 0.6 is 15.9 Å². The van der Waals surface area contributed by atoms with Gasteiger partial charge in [0, 0.05) is 24.0 Å². The lowest BCUT2D eigenvalue weighted by Gasteiger charge is -2.08. The molecule has 0 aliphatic rings. The second-order valence-corrected chi connectivity index (χ2v) is 8.01. The number of benzene rings is 2. The third kappa shape index (κ3) is 6.56. The number of rotatable bonds is 8. The molecule has 0 aliphatic heterocycles. The Morgan fingerprint density at radius 1 is 1.08 bits per heavy atom. The molecule has 0 bridgehead atoms. The summed E-state index contributed by atoms with van der Waals surface area (Å²) in [4.78, 5) is 11.9. The Morgan fingerprint density at radius 3 is 2.48 bits per heavy atom. The van der Waals surface area contributed by atoms with Crippen molar-refractivity contribution < 1.29 is 17.6 Å². The van der Waals surface area contributed by atoms with Crippen molar-refractivity contribution >= 4 is 31.9 Å². The lowest BCUT2D eigenvalue weighted by Crippen LogP contribution is -2.31. The summed E-state index contributed by atoms with van der Waals surface area (Å²) < 4.78 is 40.0. The largest absolute Gasteiger partial charge is 0.356 e. The molecule has 0 radical (unpaired) electrons. The van der Waals surface area contributed by atoms with Crippen LogP contribution < -0.4 is 10.0 Å². The SMILES string of the molecule is O=C(CCNS(=O)(=O)c1cccc(Br)c1)NCCc1ccc(F)cc1. The smallest absolute Gasteiger partial charge is 0.240 e. The highest BCUT2D eigenvalue weighted by Crippen LogP contribution is 2.15. The topological polar surface area (TPSA) is 75.3 Å². The van der Waals surface area contributed by atoms with Crippen LogP contribution in [0.4, 0.5) is 4.39 Å². The lowest BCUT2D eigenvalue weighted by atomic mass is 10.1. The molecule has 0 fully saturated rings. The first-order valence-corrected chi connectivity index (χ1v) is 9.91. The monoisotopic (exact) mass is 428 g/mol. The summed E-state index contributed by atoms with van der Waals surface area (Å²) in [5.74, 6) is -0.551. The zero-order chi connectivity index (χ0) is 18.3. The summed E-state index contributed by atoms with van der Waals surface area (Å²) in [5.41, 5.74) is 0.914. The minimum Gasteiger partial charge on any atom is -0.356 e. The summed E-state index contributed by atoms with van der Waals surface area (Å²) in [6.45, 7) is 0.417. The highest BCUT2D eigenvalue weighted by atomic mass is 79.9. The van der Waals surface area contributed by atoms with Crippen molar-refractivity contribution in [1.82, 2.24) is 10.0 Å². The molecule has 0 atom stereocenters. The highest BCUT2D eigenvalue weighted by molar-refractivity contribution is 9.10. The van der Waals surface area contributed by atoms with Gasteiger partial charge in [0.05, 0.1) is 4.90 Å². The van der Waals surface area contributed by atoms with Gasteiger partial charge in [0.25, 0.3) is 0 Å². The van der Waals surface area contributed by atoms with Crippen molar-refractivity contribution in [2.75, 3.05) is 13.1 Å². The van der Waals surface area contributed by atoms with Crippen molar-refractivity contribution in [1.29, 1.82) is 0 Å². The quantitative estimate of drug-likeness (QED) is 0.678. The molecule has 8 heteroatoms. The third-order valence-electron chi connectivity index (χ3n) is 3.40. The van der Waals surface area contributed by atoms with E-state index in [1.54, 1.807) is 24.3 Å². The molecule has 5 nitrogen and oxygen atoms in total. The van der Waals surface area contributed by atoms with Crippen molar-refractivity contribution in [3.8, 4) is 0 Å². The van der Waals surface area contributed by atoms with Gasteiger partial charge in [-0.2, -0.15) is 0 Å². The Hall–Kier alpha value is -1.77. The molecule has 2 aromatic rings.